The standard InChI is InChI=1S/C20H24FN7O2S/c1-27-4-6-28(7-5-27)18(11-25-31(29)30)14-8-13(9-15(21)10-14)16-2-3-17-19(26-16)20(22)24-12-23-17/h2-3,8-10,12,18,25H,4-7,11H2,1H3,(H,29,30)(H2,22,23,24). The maximum atomic E-state index is 14.7. The van der Waals surface area contributed by atoms with E-state index < -0.39 is 17.1 Å². The summed E-state index contributed by atoms with van der Waals surface area (Å²) < 4.78 is 37.7. The van der Waals surface area contributed by atoms with Crippen LogP contribution >= 0.6 is 0 Å². The monoisotopic (exact) mass is 445 g/mol. The molecule has 2 atom stereocenters. The van der Waals surface area contributed by atoms with Gasteiger partial charge in [-0.2, -0.15) is 0 Å². The summed E-state index contributed by atoms with van der Waals surface area (Å²) in [4.78, 5) is 17.1. The summed E-state index contributed by atoms with van der Waals surface area (Å²) in [5.74, 6) is -0.149. The number of hydrogen-bond donors (Lipinski definition) is 3. The Morgan fingerprint density at radius 2 is 2.00 bits per heavy atom. The van der Waals surface area contributed by atoms with Crippen molar-refractivity contribution in [2.75, 3.05) is 45.5 Å². The molecule has 2 aromatic heterocycles. The van der Waals surface area contributed by atoms with Crippen LogP contribution in [-0.2, 0) is 11.3 Å². The van der Waals surface area contributed by atoms with Gasteiger partial charge in [-0.3, -0.25) is 9.45 Å². The molecule has 31 heavy (non-hydrogen) atoms. The summed E-state index contributed by atoms with van der Waals surface area (Å²) in [5, 5.41) is 0. The Kier molecular flexibility index (Phi) is 6.49. The number of fused-ring (bicyclic) bond motifs is 1. The molecule has 1 aliphatic rings. The van der Waals surface area contributed by atoms with Crippen molar-refractivity contribution in [3.8, 4) is 11.3 Å². The number of likely N-dealkylation sites (N-methyl/N-ethyl adjacent to an activating group) is 1. The van der Waals surface area contributed by atoms with E-state index in [4.69, 9.17) is 5.73 Å². The van der Waals surface area contributed by atoms with Crippen LogP contribution in [0.15, 0.2) is 36.7 Å². The number of hydrogen-bond acceptors (Lipinski definition) is 7. The molecule has 1 saturated heterocycles. The lowest BCUT2D eigenvalue weighted by molar-refractivity contribution is 0.112. The number of nitrogens with one attached hydrogen (secondary N) is 1. The van der Waals surface area contributed by atoms with Gasteiger partial charge < -0.3 is 10.6 Å². The van der Waals surface area contributed by atoms with Crippen molar-refractivity contribution in [2.24, 2.45) is 0 Å². The first-order chi connectivity index (χ1) is 14.9. The average Bonchev–Trinajstić information content (AvgIpc) is 2.75. The van der Waals surface area contributed by atoms with Crippen LogP contribution in [0.4, 0.5) is 10.2 Å². The van der Waals surface area contributed by atoms with E-state index in [1.807, 2.05) is 6.07 Å². The fourth-order valence-electron chi connectivity index (χ4n) is 3.81. The van der Waals surface area contributed by atoms with Crippen LogP contribution in [-0.4, -0.2) is 73.3 Å². The van der Waals surface area contributed by atoms with Crippen molar-refractivity contribution in [3.05, 3.63) is 48.0 Å². The minimum Gasteiger partial charge on any atom is -0.382 e. The number of halogens is 1. The van der Waals surface area contributed by atoms with E-state index in [2.05, 4.69) is 36.5 Å². The zero-order chi connectivity index (χ0) is 22.0. The minimum absolute atomic E-state index is 0.210. The zero-order valence-electron chi connectivity index (χ0n) is 17.0. The third kappa shape index (κ3) is 5.02. The van der Waals surface area contributed by atoms with Gasteiger partial charge in [0, 0.05) is 44.3 Å². The third-order valence-electron chi connectivity index (χ3n) is 5.49. The van der Waals surface area contributed by atoms with Gasteiger partial charge in [0.05, 0.1) is 11.2 Å². The molecule has 11 heteroatoms. The van der Waals surface area contributed by atoms with Gasteiger partial charge in [0.1, 0.15) is 17.7 Å². The lowest BCUT2D eigenvalue weighted by Crippen LogP contribution is -2.48. The number of piperazine rings is 1. The lowest BCUT2D eigenvalue weighted by Gasteiger charge is -2.38. The summed E-state index contributed by atoms with van der Waals surface area (Å²) in [7, 11) is 2.05. The van der Waals surface area contributed by atoms with E-state index in [-0.39, 0.29) is 18.4 Å². The normalized spacial score (nSPS) is 17.6. The first-order valence-corrected chi connectivity index (χ1v) is 11.0. The maximum Gasteiger partial charge on any atom is 0.231 e. The Morgan fingerprint density at radius 1 is 1.23 bits per heavy atom. The second kappa shape index (κ2) is 9.28. The van der Waals surface area contributed by atoms with Crippen molar-refractivity contribution >= 4 is 28.1 Å². The Balaban J connectivity index is 1.72. The SMILES string of the molecule is CN1CCN(C(CNS(=O)O)c2cc(F)cc(-c3ccc4ncnc(N)c4n3)c2)CC1. The van der Waals surface area contributed by atoms with Crippen molar-refractivity contribution in [2.45, 2.75) is 6.04 Å². The first kappa shape index (κ1) is 21.7. The molecule has 0 aliphatic carbocycles. The molecule has 0 radical (unpaired) electrons. The molecule has 1 aromatic carbocycles. The molecule has 1 fully saturated rings. The molecule has 9 nitrogen and oxygen atoms in total. The van der Waals surface area contributed by atoms with Crippen molar-refractivity contribution in [1.29, 1.82) is 0 Å². The summed E-state index contributed by atoms with van der Waals surface area (Å²) >= 11 is -2.16. The molecule has 3 aromatic rings. The largest absolute Gasteiger partial charge is 0.382 e. The van der Waals surface area contributed by atoms with Gasteiger partial charge in [-0.05, 0) is 42.9 Å². The highest BCUT2D eigenvalue weighted by Crippen LogP contribution is 2.29. The predicted molar refractivity (Wildman–Crippen MR) is 118 cm³/mol. The van der Waals surface area contributed by atoms with Crippen molar-refractivity contribution < 1.29 is 13.2 Å². The molecule has 2 unspecified atom stereocenters. The third-order valence-corrected chi connectivity index (χ3v) is 5.90. The number of nitrogen functional groups attached to an aromatic ring is 1. The second-order valence-corrected chi connectivity index (χ2v) is 8.34. The van der Waals surface area contributed by atoms with Crippen LogP contribution in [0.1, 0.15) is 11.6 Å². The van der Waals surface area contributed by atoms with E-state index in [1.165, 1.54) is 18.5 Å². The van der Waals surface area contributed by atoms with Gasteiger partial charge in [0.15, 0.2) is 5.82 Å². The van der Waals surface area contributed by atoms with Crippen molar-refractivity contribution in [3.63, 3.8) is 0 Å². The molecule has 0 saturated carbocycles. The Labute approximate surface area is 181 Å². The molecule has 0 amide bonds. The van der Waals surface area contributed by atoms with E-state index in [0.29, 0.717) is 27.9 Å². The van der Waals surface area contributed by atoms with E-state index in [0.717, 1.165) is 26.2 Å². The van der Waals surface area contributed by atoms with Gasteiger partial charge in [0.2, 0.25) is 11.3 Å². The summed E-state index contributed by atoms with van der Waals surface area (Å²) in [6, 6.07) is 8.01. The van der Waals surface area contributed by atoms with Gasteiger partial charge in [-0.25, -0.2) is 28.3 Å². The number of anilines is 1. The molecule has 4 rings (SSSR count). The topological polar surface area (TPSA) is 120 Å². The fourth-order valence-corrected chi connectivity index (χ4v) is 4.11. The number of aromatic nitrogens is 3. The second-order valence-electron chi connectivity index (χ2n) is 7.55. The quantitative estimate of drug-likeness (QED) is 0.488. The van der Waals surface area contributed by atoms with Gasteiger partial charge in [-0.15, -0.1) is 0 Å². The molecular formula is C20H24FN7O2S. The molecule has 3 heterocycles. The smallest absolute Gasteiger partial charge is 0.231 e. The van der Waals surface area contributed by atoms with E-state index in [1.54, 1.807) is 12.1 Å². The van der Waals surface area contributed by atoms with E-state index in [9.17, 15) is 13.2 Å². The number of benzene rings is 1. The molecule has 0 spiro atoms. The van der Waals surface area contributed by atoms with Crippen molar-refractivity contribution in [1.82, 2.24) is 29.5 Å². The predicted octanol–water partition coefficient (Wildman–Crippen LogP) is 1.43. The Bertz CT molecular complexity index is 1110. The summed E-state index contributed by atoms with van der Waals surface area (Å²) in [5.41, 5.74) is 8.83. The molecule has 1 aliphatic heterocycles. The summed E-state index contributed by atoms with van der Waals surface area (Å²) in [6.07, 6.45) is 1.37. The molecule has 4 N–H and O–H groups in total. The van der Waals surface area contributed by atoms with Crippen LogP contribution in [0.5, 0.6) is 0 Å². The van der Waals surface area contributed by atoms with Gasteiger partial charge in [-0.1, -0.05) is 0 Å². The Morgan fingerprint density at radius 3 is 2.74 bits per heavy atom. The lowest BCUT2D eigenvalue weighted by atomic mass is 9.99. The molecule has 164 valence electrons. The van der Waals surface area contributed by atoms with Crippen LogP contribution < -0.4 is 10.5 Å². The first-order valence-electron chi connectivity index (χ1n) is 9.86. The number of rotatable bonds is 6. The van der Waals surface area contributed by atoms with Crippen LogP contribution in [0.25, 0.3) is 22.3 Å². The van der Waals surface area contributed by atoms with Gasteiger partial charge in [0.25, 0.3) is 0 Å². The number of nitrogens with two attached hydrogens (primary N) is 1. The van der Waals surface area contributed by atoms with E-state index >= 15 is 0 Å². The fraction of sp³-hybridized carbons (Fsp3) is 0.350. The molecular weight excluding hydrogens is 421 g/mol. The average molecular weight is 446 g/mol. The number of nitrogens with zero attached hydrogens (tertiary/aromatic N) is 5. The highest BCUT2D eigenvalue weighted by molar-refractivity contribution is 7.77. The van der Waals surface area contributed by atoms with Gasteiger partial charge >= 0.3 is 0 Å². The maximum absolute atomic E-state index is 14.7. The van der Waals surface area contributed by atoms with Crippen LogP contribution in [0.2, 0.25) is 0 Å². The summed E-state index contributed by atoms with van der Waals surface area (Å²) in [6.45, 7) is 3.49. The zero-order valence-corrected chi connectivity index (χ0v) is 17.8. The van der Waals surface area contributed by atoms with Crippen LogP contribution in [0, 0.1) is 5.82 Å². The number of pyridine rings is 1. The van der Waals surface area contributed by atoms with Crippen LogP contribution in [0.3, 0.4) is 0 Å². The highest BCUT2D eigenvalue weighted by Gasteiger charge is 2.25. The highest BCUT2D eigenvalue weighted by atomic mass is 32.2. The molecule has 0 bridgehead atoms. The Hall–Kier alpha value is -2.57. The minimum atomic E-state index is -2.16.